The lowest BCUT2D eigenvalue weighted by atomic mass is 9.95. The lowest BCUT2D eigenvalue weighted by molar-refractivity contribution is 0.0294. The highest BCUT2D eigenvalue weighted by Crippen LogP contribution is 2.34. The summed E-state index contributed by atoms with van der Waals surface area (Å²) in [4.78, 5) is 20.0. The van der Waals surface area contributed by atoms with Crippen LogP contribution in [-0.2, 0) is 0 Å². The van der Waals surface area contributed by atoms with Crippen LogP contribution in [0.2, 0.25) is 0 Å². The van der Waals surface area contributed by atoms with E-state index in [-0.39, 0.29) is 12.0 Å². The van der Waals surface area contributed by atoms with Crippen molar-refractivity contribution in [1.82, 2.24) is 15.3 Å². The van der Waals surface area contributed by atoms with Crippen LogP contribution < -0.4 is 5.32 Å². The van der Waals surface area contributed by atoms with Crippen LogP contribution in [0.25, 0.3) is 0 Å². The zero-order chi connectivity index (χ0) is 17.3. The summed E-state index contributed by atoms with van der Waals surface area (Å²) in [6.45, 7) is 0. The number of nitrogens with one attached hydrogen (secondary N) is 1. The number of benzene rings is 1. The fourth-order valence-electron chi connectivity index (χ4n) is 2.97. The van der Waals surface area contributed by atoms with Crippen molar-refractivity contribution in [2.24, 2.45) is 0 Å². The Morgan fingerprint density at radius 1 is 1.12 bits per heavy atom. The summed E-state index contributed by atoms with van der Waals surface area (Å²) in [5.41, 5.74) is 0.438. The van der Waals surface area contributed by atoms with Crippen molar-refractivity contribution in [3.63, 3.8) is 0 Å². The molecular formula is C16H15F2N3O3. The predicted octanol–water partition coefficient (Wildman–Crippen LogP) is 0.762. The number of carbonyl (C=O) groups excluding carboxylic acids is 1. The van der Waals surface area contributed by atoms with E-state index < -0.39 is 41.7 Å². The van der Waals surface area contributed by atoms with Gasteiger partial charge < -0.3 is 15.5 Å². The quantitative estimate of drug-likeness (QED) is 0.770. The Balaban J connectivity index is 1.84. The van der Waals surface area contributed by atoms with Gasteiger partial charge in [-0.2, -0.15) is 0 Å². The van der Waals surface area contributed by atoms with Gasteiger partial charge in [0, 0.05) is 29.9 Å². The van der Waals surface area contributed by atoms with Gasteiger partial charge in [0.15, 0.2) is 0 Å². The zero-order valence-electron chi connectivity index (χ0n) is 12.4. The minimum absolute atomic E-state index is 0.204. The average Bonchev–Trinajstić information content (AvgIpc) is 2.83. The van der Waals surface area contributed by atoms with Crippen LogP contribution in [0, 0.1) is 11.6 Å². The second-order valence-corrected chi connectivity index (χ2v) is 5.73. The molecule has 1 aliphatic carbocycles. The van der Waals surface area contributed by atoms with Crippen molar-refractivity contribution < 1.29 is 23.8 Å². The predicted molar refractivity (Wildman–Crippen MR) is 79.0 cm³/mol. The minimum atomic E-state index is -1.21. The summed E-state index contributed by atoms with van der Waals surface area (Å²) in [5, 5.41) is 22.6. The van der Waals surface area contributed by atoms with Crippen LogP contribution in [0.1, 0.15) is 28.3 Å². The number of aliphatic hydroxyl groups excluding tert-OH is 2. The van der Waals surface area contributed by atoms with Crippen LogP contribution in [0.15, 0.2) is 36.9 Å². The van der Waals surface area contributed by atoms with Gasteiger partial charge >= 0.3 is 0 Å². The summed E-state index contributed by atoms with van der Waals surface area (Å²) in [6, 6.07) is 1.63. The molecule has 3 rings (SSSR count). The van der Waals surface area contributed by atoms with Crippen LogP contribution in [0.4, 0.5) is 8.78 Å². The number of nitrogens with zero attached hydrogens (tertiary/aromatic N) is 2. The number of carbonyl (C=O) groups is 1. The molecule has 1 saturated carbocycles. The minimum Gasteiger partial charge on any atom is -0.390 e. The SMILES string of the molecule is O=C(N[C@H]1[C@H](O)[C@H](O)C[C@@H]1c1cncnc1)c1cc(F)cc(F)c1. The zero-order valence-corrected chi connectivity index (χ0v) is 12.4. The van der Waals surface area contributed by atoms with E-state index in [1.54, 1.807) is 0 Å². The number of aromatic nitrogens is 2. The number of rotatable bonds is 3. The number of halogens is 2. The van der Waals surface area contributed by atoms with E-state index in [0.29, 0.717) is 11.6 Å². The van der Waals surface area contributed by atoms with Crippen molar-refractivity contribution >= 4 is 5.91 Å². The van der Waals surface area contributed by atoms with E-state index in [1.165, 1.54) is 18.7 Å². The van der Waals surface area contributed by atoms with E-state index in [4.69, 9.17) is 0 Å². The van der Waals surface area contributed by atoms with Crippen molar-refractivity contribution in [3.05, 3.63) is 59.7 Å². The molecule has 0 spiro atoms. The fourth-order valence-corrected chi connectivity index (χ4v) is 2.97. The molecule has 126 valence electrons. The molecule has 3 N–H and O–H groups in total. The Labute approximate surface area is 136 Å². The Hall–Kier alpha value is -2.45. The van der Waals surface area contributed by atoms with Gasteiger partial charge in [0.2, 0.25) is 0 Å². The van der Waals surface area contributed by atoms with Crippen molar-refractivity contribution in [1.29, 1.82) is 0 Å². The molecule has 0 bridgehead atoms. The molecule has 24 heavy (non-hydrogen) atoms. The normalized spacial score (nSPS) is 26.3. The average molecular weight is 335 g/mol. The second kappa shape index (κ2) is 6.58. The Morgan fingerprint density at radius 3 is 2.38 bits per heavy atom. The molecule has 2 aromatic rings. The summed E-state index contributed by atoms with van der Waals surface area (Å²) in [7, 11) is 0. The fraction of sp³-hybridized carbons (Fsp3) is 0.312. The largest absolute Gasteiger partial charge is 0.390 e. The van der Waals surface area contributed by atoms with E-state index in [9.17, 15) is 23.8 Å². The maximum atomic E-state index is 13.3. The van der Waals surface area contributed by atoms with Gasteiger partial charge in [0.25, 0.3) is 5.91 Å². The molecular weight excluding hydrogens is 320 g/mol. The molecule has 1 aromatic heterocycles. The van der Waals surface area contributed by atoms with Crippen molar-refractivity contribution in [3.8, 4) is 0 Å². The number of amides is 1. The van der Waals surface area contributed by atoms with Crippen LogP contribution >= 0.6 is 0 Å². The molecule has 1 fully saturated rings. The standard InChI is InChI=1S/C16H15F2N3O3/c17-10-1-8(2-11(18)3-10)16(24)21-14-12(4-13(22)15(14)23)9-5-19-7-20-6-9/h1-3,5-7,12-15,22-23H,4H2,(H,21,24)/t12-,13-,14-,15-/m1/s1. The Bertz CT molecular complexity index is 724. The molecule has 0 aliphatic heterocycles. The lowest BCUT2D eigenvalue weighted by Gasteiger charge is -2.23. The topological polar surface area (TPSA) is 95.3 Å². The smallest absolute Gasteiger partial charge is 0.251 e. The summed E-state index contributed by atoms with van der Waals surface area (Å²) >= 11 is 0. The molecule has 0 unspecified atom stereocenters. The maximum absolute atomic E-state index is 13.3. The number of aliphatic hydroxyl groups is 2. The highest BCUT2D eigenvalue weighted by atomic mass is 19.1. The Morgan fingerprint density at radius 2 is 1.75 bits per heavy atom. The molecule has 6 nitrogen and oxygen atoms in total. The maximum Gasteiger partial charge on any atom is 0.251 e. The summed E-state index contributed by atoms with van der Waals surface area (Å²) in [6.07, 6.45) is 2.36. The summed E-state index contributed by atoms with van der Waals surface area (Å²) < 4.78 is 26.5. The second-order valence-electron chi connectivity index (χ2n) is 5.73. The lowest BCUT2D eigenvalue weighted by Crippen LogP contribution is -2.45. The molecule has 8 heteroatoms. The third-order valence-electron chi connectivity index (χ3n) is 4.12. The molecule has 0 radical (unpaired) electrons. The first-order valence-corrected chi connectivity index (χ1v) is 7.33. The van der Waals surface area contributed by atoms with Gasteiger partial charge in [-0.05, 0) is 24.1 Å². The van der Waals surface area contributed by atoms with Gasteiger partial charge in [-0.15, -0.1) is 0 Å². The first kappa shape index (κ1) is 16.4. The van der Waals surface area contributed by atoms with Gasteiger partial charge in [-0.1, -0.05) is 0 Å². The van der Waals surface area contributed by atoms with Gasteiger partial charge in [-0.3, -0.25) is 4.79 Å². The summed E-state index contributed by atoms with van der Waals surface area (Å²) in [5.74, 6) is -2.91. The molecule has 1 amide bonds. The van der Waals surface area contributed by atoms with Crippen molar-refractivity contribution in [2.45, 2.75) is 30.6 Å². The highest BCUT2D eigenvalue weighted by molar-refractivity contribution is 5.94. The van der Waals surface area contributed by atoms with Crippen molar-refractivity contribution in [2.75, 3.05) is 0 Å². The third kappa shape index (κ3) is 3.24. The van der Waals surface area contributed by atoms with Gasteiger partial charge in [0.05, 0.1) is 12.1 Å². The van der Waals surface area contributed by atoms with Crippen LogP contribution in [0.3, 0.4) is 0 Å². The molecule has 0 saturated heterocycles. The molecule has 1 aromatic carbocycles. The molecule has 1 heterocycles. The monoisotopic (exact) mass is 335 g/mol. The third-order valence-corrected chi connectivity index (χ3v) is 4.12. The first-order chi connectivity index (χ1) is 11.5. The first-order valence-electron chi connectivity index (χ1n) is 7.33. The number of hydrogen-bond acceptors (Lipinski definition) is 5. The van der Waals surface area contributed by atoms with E-state index in [2.05, 4.69) is 15.3 Å². The molecule has 4 atom stereocenters. The Kier molecular flexibility index (Phi) is 4.50. The molecule has 1 aliphatic rings. The van der Waals surface area contributed by atoms with E-state index >= 15 is 0 Å². The van der Waals surface area contributed by atoms with E-state index in [0.717, 1.165) is 12.1 Å². The van der Waals surface area contributed by atoms with Gasteiger partial charge in [0.1, 0.15) is 24.1 Å². The van der Waals surface area contributed by atoms with Crippen LogP contribution in [0.5, 0.6) is 0 Å². The highest BCUT2D eigenvalue weighted by Gasteiger charge is 2.43. The van der Waals surface area contributed by atoms with E-state index in [1.807, 2.05) is 0 Å². The van der Waals surface area contributed by atoms with Crippen LogP contribution in [-0.4, -0.2) is 44.3 Å². The number of hydrogen-bond donors (Lipinski definition) is 3. The van der Waals surface area contributed by atoms with Gasteiger partial charge in [-0.25, -0.2) is 18.7 Å².